The zero-order chi connectivity index (χ0) is 78.7. The highest BCUT2D eigenvalue weighted by Crippen LogP contribution is 2.37. The molecule has 0 saturated carbocycles. The first-order valence-electron chi connectivity index (χ1n) is 37.7. The Balaban J connectivity index is 0.593. The van der Waals surface area contributed by atoms with Crippen molar-refractivity contribution in [1.29, 1.82) is 0 Å². The fraction of sp³-hybridized carbons (Fsp3) is 0.289. The first-order valence-corrected chi connectivity index (χ1v) is 37.7. The largest absolute Gasteiger partial charge is 0.408 e. The van der Waals surface area contributed by atoms with Gasteiger partial charge >= 0.3 is 23.2 Å². The third-order valence-electron chi connectivity index (χ3n) is 22.9. The maximum absolute atomic E-state index is 15.2. The van der Waals surface area contributed by atoms with Crippen LogP contribution in [0.2, 0.25) is 0 Å². The molecule has 3 aliphatic rings. The number of imidazole rings is 3. The topological polar surface area (TPSA) is 247 Å². The van der Waals surface area contributed by atoms with Crippen LogP contribution >= 0.6 is 0 Å². The lowest BCUT2D eigenvalue weighted by atomic mass is 10.0. The number of rotatable bonds is 19. The van der Waals surface area contributed by atoms with Crippen molar-refractivity contribution < 1.29 is 40.7 Å². The molecular formula is C83H73F6N19O6. The molecule has 31 heteroatoms. The normalized spacial score (nSPS) is 16.2. The van der Waals surface area contributed by atoms with Crippen molar-refractivity contribution in [3.05, 3.63) is 225 Å². The van der Waals surface area contributed by atoms with Gasteiger partial charge in [0.2, 0.25) is 17.7 Å². The summed E-state index contributed by atoms with van der Waals surface area (Å²) in [6, 6.07) is 29.2. The molecule has 0 radical (unpaired) electrons. The summed E-state index contributed by atoms with van der Waals surface area (Å²) in [5.41, 5.74) is 12.3. The van der Waals surface area contributed by atoms with Gasteiger partial charge in [-0.25, -0.2) is 37.1 Å². The minimum atomic E-state index is -4.59. The lowest BCUT2D eigenvalue weighted by Crippen LogP contribution is -2.46. The molecule has 5 aromatic carbocycles. The number of benzene rings is 5. The highest BCUT2D eigenvalue weighted by molar-refractivity contribution is 5.97. The van der Waals surface area contributed by atoms with E-state index in [4.69, 9.17) is 20.3 Å². The zero-order valence-electron chi connectivity index (χ0n) is 62.0. The number of para-hydroxylation sites is 2. The molecule has 25 nitrogen and oxygen atoms in total. The number of alkyl halides is 6. The van der Waals surface area contributed by atoms with E-state index >= 15 is 4.79 Å². The standard InChI is InChI=1S/C83H73F6N19O6/c1-48-9-4-12-64-76(48)106(80(112)100(64)46-74(110)98-27-7-14-66(98)79(85)86)55-21-16-53(17-22-55)59-36-91-43-70-62(59)40-96-105(70)44-51-31-50(3)78-67(32-51)102(45-73(109)97-26-6-11-57(97)33-84)81(113)107(78)56-23-18-52(19-24-56)58-35-90-41-68-61(58)38-94-103(68)29-30-104-69-42-92-37-60(63(69)39-95-104)54-20-25-72(93-34-54)108-77-49(2)10-5-13-65(77)101(82(108)114)47-75(111)99-28-8-15-71(99)83(87,88)89/h4-5,9-10,12-13,16-25,31-32,34-43,57,66,71,79H,6-8,11,14-15,26-30,33,44-47H2,1-3H3/t57-,66-,71-/m0/s1. The van der Waals surface area contributed by atoms with Crippen LogP contribution in [0.1, 0.15) is 60.8 Å². The van der Waals surface area contributed by atoms with Crippen molar-refractivity contribution in [1.82, 2.24) is 91.4 Å². The molecule has 3 fully saturated rings. The number of likely N-dealkylation sites (tertiary alicyclic amines) is 3. The van der Waals surface area contributed by atoms with Gasteiger partial charge in [0.25, 0.3) is 6.43 Å². The smallest absolute Gasteiger partial charge is 0.336 e. The SMILES string of the molecule is Cc1cc(Cn2ncc3c(-c4ccc(-n5c(=O)n(CC(=O)N6CCC[C@H]6C(F)F)c6cccc(C)c65)cc4)cncc32)cc2c1n(-c1ccc(-c3cncc4c3cnn4CCn3ncc4c(-c5ccc(-n6c(=O)n(CC(=O)N7CCC[C@H]7C(F)(F)F)c7cccc(C)c76)nc5)cncc43)cc1)c(=O)n2CC(=O)N1CCC[C@H]1CF. The van der Waals surface area contributed by atoms with Gasteiger partial charge in [-0.2, -0.15) is 28.5 Å². The molecule has 3 atom stereocenters. The van der Waals surface area contributed by atoms with Crippen molar-refractivity contribution in [3.63, 3.8) is 0 Å². The number of amides is 3. The summed E-state index contributed by atoms with van der Waals surface area (Å²) in [4.78, 5) is 107. The highest BCUT2D eigenvalue weighted by Gasteiger charge is 2.48. The van der Waals surface area contributed by atoms with Crippen LogP contribution in [0, 0.1) is 20.8 Å². The number of carbonyl (C=O) groups is 3. The molecule has 0 unspecified atom stereocenters. The van der Waals surface area contributed by atoms with E-state index in [1.165, 1.54) is 28.1 Å². The van der Waals surface area contributed by atoms with Crippen LogP contribution in [0.15, 0.2) is 186 Å². The Bertz CT molecular complexity index is 6560. The fourth-order valence-corrected chi connectivity index (χ4v) is 17.4. The van der Waals surface area contributed by atoms with Gasteiger partial charge in [-0.1, -0.05) is 54.6 Å². The highest BCUT2D eigenvalue weighted by atomic mass is 19.4. The average Bonchev–Trinajstić information content (AvgIpc) is 1.61. The van der Waals surface area contributed by atoms with Crippen LogP contribution in [-0.2, 0) is 53.7 Å². The summed E-state index contributed by atoms with van der Waals surface area (Å²) in [6.45, 7) is 5.17. The molecule has 15 aromatic rings. The molecular weight excluding hydrogens is 1470 g/mol. The Morgan fingerprint density at radius 1 is 0.465 bits per heavy atom. The monoisotopic (exact) mass is 1550 g/mol. The van der Waals surface area contributed by atoms with Crippen LogP contribution < -0.4 is 17.1 Å². The van der Waals surface area contributed by atoms with E-state index in [9.17, 15) is 50.3 Å². The van der Waals surface area contributed by atoms with Crippen molar-refractivity contribution >= 4 is 83.5 Å². The minimum absolute atomic E-state index is 0.0485. The number of hydrogen-bond donors (Lipinski definition) is 0. The Hall–Kier alpha value is -13.1. The Morgan fingerprint density at radius 3 is 1.46 bits per heavy atom. The maximum Gasteiger partial charge on any atom is 0.408 e. The quantitative estimate of drug-likeness (QED) is 0.0684. The van der Waals surface area contributed by atoms with Crippen molar-refractivity contribution in [2.75, 3.05) is 26.3 Å². The van der Waals surface area contributed by atoms with Crippen LogP contribution in [0.25, 0.3) is 116 Å². The molecule has 578 valence electrons. The Morgan fingerprint density at radius 2 is 0.921 bits per heavy atom. The molecule has 3 amide bonds. The van der Waals surface area contributed by atoms with Gasteiger partial charge in [-0.15, -0.1) is 0 Å². The van der Waals surface area contributed by atoms with Crippen LogP contribution in [0.5, 0.6) is 0 Å². The average molecular weight is 1550 g/mol. The van der Waals surface area contributed by atoms with Gasteiger partial charge in [0, 0.05) is 82.8 Å². The second kappa shape index (κ2) is 28.6. The van der Waals surface area contributed by atoms with E-state index in [1.54, 1.807) is 108 Å². The number of nitrogens with zero attached hydrogens (tertiary/aromatic N) is 19. The molecule has 18 rings (SSSR count). The number of halogens is 6. The number of hydrogen-bond acceptors (Lipinski definition) is 13. The van der Waals surface area contributed by atoms with Gasteiger partial charge in [-0.3, -0.25) is 66.2 Å². The van der Waals surface area contributed by atoms with Crippen LogP contribution in [-0.4, -0.2) is 166 Å². The van der Waals surface area contributed by atoms with Crippen molar-refractivity contribution in [2.24, 2.45) is 0 Å². The van der Waals surface area contributed by atoms with Gasteiger partial charge in [-0.05, 0) is 147 Å². The Labute approximate surface area is 643 Å². The van der Waals surface area contributed by atoms with Gasteiger partial charge in [0.15, 0.2) is 0 Å². The molecule has 114 heavy (non-hydrogen) atoms. The van der Waals surface area contributed by atoms with E-state index in [2.05, 4.69) is 15.0 Å². The number of pyridine rings is 4. The number of carbonyl (C=O) groups excluding carboxylic acids is 3. The molecule has 10 aromatic heterocycles. The predicted molar refractivity (Wildman–Crippen MR) is 416 cm³/mol. The summed E-state index contributed by atoms with van der Waals surface area (Å²) < 4.78 is 98.0. The molecule has 3 saturated heterocycles. The number of aryl methyl sites for hydroxylation is 5. The van der Waals surface area contributed by atoms with E-state index in [0.717, 1.165) is 76.6 Å². The van der Waals surface area contributed by atoms with Crippen LogP contribution in [0.4, 0.5) is 26.3 Å². The third kappa shape index (κ3) is 12.4. The summed E-state index contributed by atoms with van der Waals surface area (Å²) >= 11 is 0. The van der Waals surface area contributed by atoms with E-state index in [0.29, 0.717) is 100 Å². The molecule has 0 aliphatic carbocycles. The van der Waals surface area contributed by atoms with Gasteiger partial charge in [0.1, 0.15) is 38.2 Å². The molecule has 13 heterocycles. The zero-order valence-corrected chi connectivity index (χ0v) is 62.0. The molecule has 0 bridgehead atoms. The fourth-order valence-electron chi connectivity index (χ4n) is 17.4. The summed E-state index contributed by atoms with van der Waals surface area (Å²) in [5, 5.41) is 16.8. The summed E-state index contributed by atoms with van der Waals surface area (Å²) in [7, 11) is 0. The predicted octanol–water partition coefficient (Wildman–Crippen LogP) is 12.1. The Kier molecular flexibility index (Phi) is 18.2. The number of aromatic nitrogens is 16. The third-order valence-corrected chi connectivity index (χ3v) is 22.9. The lowest BCUT2D eigenvalue weighted by molar-refractivity contribution is -0.182. The van der Waals surface area contributed by atoms with Crippen molar-refractivity contribution in [2.45, 2.75) is 129 Å². The molecule has 0 N–H and O–H groups in total. The second-order valence-corrected chi connectivity index (χ2v) is 29.6. The second-order valence-electron chi connectivity index (χ2n) is 29.6. The molecule has 3 aliphatic heterocycles. The van der Waals surface area contributed by atoms with Crippen LogP contribution in [0.3, 0.4) is 0 Å². The molecule has 0 spiro atoms. The van der Waals surface area contributed by atoms with Gasteiger partial charge in [0.05, 0.1) is 130 Å². The maximum atomic E-state index is 15.2. The van der Waals surface area contributed by atoms with E-state index in [1.807, 2.05) is 108 Å². The first kappa shape index (κ1) is 72.5. The first-order chi connectivity index (χ1) is 55.2. The lowest BCUT2D eigenvalue weighted by Gasteiger charge is -2.26. The van der Waals surface area contributed by atoms with Gasteiger partial charge < -0.3 is 14.7 Å². The summed E-state index contributed by atoms with van der Waals surface area (Å²) in [6.07, 6.45) is 11.9. The van der Waals surface area contributed by atoms with E-state index in [-0.39, 0.29) is 63.7 Å². The van der Waals surface area contributed by atoms with E-state index < -0.39 is 72.8 Å². The van der Waals surface area contributed by atoms with Crippen molar-refractivity contribution in [3.8, 4) is 50.6 Å². The number of fused-ring (bicyclic) bond motifs is 6. The summed E-state index contributed by atoms with van der Waals surface area (Å²) in [5.74, 6) is -1.44. The minimum Gasteiger partial charge on any atom is -0.336 e.